The number of hydrogen-bond donors (Lipinski definition) is 0. The molecule has 100 valence electrons. The van der Waals surface area contributed by atoms with Crippen molar-refractivity contribution in [2.75, 3.05) is 0 Å². The Morgan fingerprint density at radius 1 is 1.32 bits per heavy atom. The van der Waals surface area contributed by atoms with Gasteiger partial charge in [-0.1, -0.05) is 24.9 Å². The summed E-state index contributed by atoms with van der Waals surface area (Å²) in [5.74, 6) is 1.44. The summed E-state index contributed by atoms with van der Waals surface area (Å²) in [5, 5.41) is 4.14. The van der Waals surface area contributed by atoms with Gasteiger partial charge in [0.05, 0.1) is 0 Å². The maximum absolute atomic E-state index is 5.40. The maximum Gasteiger partial charge on any atom is 0.258 e. The molecule has 19 heavy (non-hydrogen) atoms. The van der Waals surface area contributed by atoms with E-state index in [0.29, 0.717) is 11.3 Å². The lowest BCUT2D eigenvalue weighted by atomic mass is 9.85. The predicted octanol–water partition coefficient (Wildman–Crippen LogP) is 3.56. The molecule has 2 aromatic heterocycles. The molecule has 0 radical (unpaired) electrons. The predicted molar refractivity (Wildman–Crippen MR) is 72.5 cm³/mol. The molecular weight excluding hydrogens is 238 g/mol. The Hall–Kier alpha value is -1.71. The van der Waals surface area contributed by atoms with Crippen molar-refractivity contribution in [3.63, 3.8) is 0 Å². The number of hydrogen-bond acceptors (Lipinski definition) is 4. The van der Waals surface area contributed by atoms with Gasteiger partial charge in [0.25, 0.3) is 5.89 Å². The van der Waals surface area contributed by atoms with Gasteiger partial charge in [0.2, 0.25) is 0 Å². The molecule has 0 saturated heterocycles. The van der Waals surface area contributed by atoms with Crippen LogP contribution in [0, 0.1) is 12.3 Å². The molecule has 0 N–H and O–H groups in total. The SMILES string of the molecule is Cc1cnccc1-c1nc(CC2(C)CCCC2)no1. The fraction of sp³-hybridized carbons (Fsp3) is 0.533. The van der Waals surface area contributed by atoms with E-state index < -0.39 is 0 Å². The second kappa shape index (κ2) is 4.76. The molecule has 1 aliphatic carbocycles. The Balaban J connectivity index is 1.82. The summed E-state index contributed by atoms with van der Waals surface area (Å²) in [4.78, 5) is 8.63. The third-order valence-corrected chi connectivity index (χ3v) is 4.11. The second-order valence-electron chi connectivity index (χ2n) is 5.90. The van der Waals surface area contributed by atoms with E-state index in [1.54, 1.807) is 6.20 Å². The van der Waals surface area contributed by atoms with Gasteiger partial charge in [0, 0.05) is 24.4 Å². The van der Waals surface area contributed by atoms with E-state index in [-0.39, 0.29) is 0 Å². The number of aryl methyl sites for hydroxylation is 1. The Kier molecular flexibility index (Phi) is 3.09. The van der Waals surface area contributed by atoms with Gasteiger partial charge in [0.1, 0.15) is 0 Å². The fourth-order valence-corrected chi connectivity index (χ4v) is 2.94. The Labute approximate surface area is 113 Å². The molecule has 1 aliphatic rings. The number of pyridine rings is 1. The van der Waals surface area contributed by atoms with Gasteiger partial charge in [-0.05, 0) is 36.8 Å². The zero-order valence-corrected chi connectivity index (χ0v) is 11.5. The molecule has 1 saturated carbocycles. The Morgan fingerprint density at radius 2 is 2.11 bits per heavy atom. The van der Waals surface area contributed by atoms with Crippen molar-refractivity contribution in [1.29, 1.82) is 0 Å². The Bertz CT molecular complexity index is 570. The van der Waals surface area contributed by atoms with E-state index >= 15 is 0 Å². The smallest absolute Gasteiger partial charge is 0.258 e. The van der Waals surface area contributed by atoms with Crippen LogP contribution in [0.4, 0.5) is 0 Å². The summed E-state index contributed by atoms with van der Waals surface area (Å²) >= 11 is 0. The molecule has 0 aliphatic heterocycles. The van der Waals surface area contributed by atoms with Crippen LogP contribution in [0.2, 0.25) is 0 Å². The summed E-state index contributed by atoms with van der Waals surface area (Å²) in [6.07, 6.45) is 9.67. The van der Waals surface area contributed by atoms with Gasteiger partial charge in [-0.2, -0.15) is 4.98 Å². The summed E-state index contributed by atoms with van der Waals surface area (Å²) in [7, 11) is 0. The van der Waals surface area contributed by atoms with Crippen LogP contribution < -0.4 is 0 Å². The molecule has 2 heterocycles. The molecule has 0 spiro atoms. The minimum Gasteiger partial charge on any atom is -0.334 e. The molecule has 0 amide bonds. The topological polar surface area (TPSA) is 51.8 Å². The average molecular weight is 257 g/mol. The van der Waals surface area contributed by atoms with E-state index in [4.69, 9.17) is 4.52 Å². The van der Waals surface area contributed by atoms with E-state index in [2.05, 4.69) is 22.0 Å². The van der Waals surface area contributed by atoms with Gasteiger partial charge in [0.15, 0.2) is 5.82 Å². The highest BCUT2D eigenvalue weighted by molar-refractivity contribution is 5.56. The average Bonchev–Trinajstić information content (AvgIpc) is 3.00. The van der Waals surface area contributed by atoms with Crippen LogP contribution in [0.25, 0.3) is 11.5 Å². The first-order valence-electron chi connectivity index (χ1n) is 6.90. The molecule has 0 bridgehead atoms. The quantitative estimate of drug-likeness (QED) is 0.843. The zero-order chi connectivity index (χ0) is 13.3. The van der Waals surface area contributed by atoms with Crippen molar-refractivity contribution in [1.82, 2.24) is 15.1 Å². The van der Waals surface area contributed by atoms with Crippen molar-refractivity contribution in [3.8, 4) is 11.5 Å². The molecule has 0 unspecified atom stereocenters. The van der Waals surface area contributed by atoms with Gasteiger partial charge >= 0.3 is 0 Å². The summed E-state index contributed by atoms with van der Waals surface area (Å²) in [6.45, 7) is 4.33. The van der Waals surface area contributed by atoms with Crippen LogP contribution in [-0.4, -0.2) is 15.1 Å². The highest BCUT2D eigenvalue weighted by Crippen LogP contribution is 2.40. The van der Waals surface area contributed by atoms with E-state index in [1.807, 2.05) is 19.2 Å². The number of nitrogens with zero attached hydrogens (tertiary/aromatic N) is 3. The molecule has 4 nitrogen and oxygen atoms in total. The van der Waals surface area contributed by atoms with Crippen LogP contribution in [-0.2, 0) is 6.42 Å². The number of rotatable bonds is 3. The first-order valence-corrected chi connectivity index (χ1v) is 6.90. The largest absolute Gasteiger partial charge is 0.334 e. The van der Waals surface area contributed by atoms with Crippen LogP contribution in [0.3, 0.4) is 0 Å². The van der Waals surface area contributed by atoms with Crippen molar-refractivity contribution in [3.05, 3.63) is 29.8 Å². The fourth-order valence-electron chi connectivity index (χ4n) is 2.94. The molecule has 3 rings (SSSR count). The Morgan fingerprint density at radius 3 is 2.84 bits per heavy atom. The van der Waals surface area contributed by atoms with Crippen molar-refractivity contribution in [2.45, 2.75) is 46.0 Å². The van der Waals surface area contributed by atoms with Crippen molar-refractivity contribution < 1.29 is 4.52 Å². The first kappa shape index (κ1) is 12.3. The lowest BCUT2D eigenvalue weighted by Gasteiger charge is -2.20. The summed E-state index contributed by atoms with van der Waals surface area (Å²) in [5.41, 5.74) is 2.39. The highest BCUT2D eigenvalue weighted by Gasteiger charge is 2.30. The van der Waals surface area contributed by atoms with E-state index in [9.17, 15) is 0 Å². The maximum atomic E-state index is 5.40. The lowest BCUT2D eigenvalue weighted by molar-refractivity contribution is 0.318. The third kappa shape index (κ3) is 2.53. The van der Waals surface area contributed by atoms with E-state index in [1.165, 1.54) is 25.7 Å². The minimum atomic E-state index is 0.356. The normalized spacial score (nSPS) is 17.8. The van der Waals surface area contributed by atoms with Crippen molar-refractivity contribution in [2.24, 2.45) is 5.41 Å². The van der Waals surface area contributed by atoms with Gasteiger partial charge in [-0.15, -0.1) is 0 Å². The molecule has 1 fully saturated rings. The molecule has 2 aromatic rings. The van der Waals surface area contributed by atoms with Crippen LogP contribution in [0.15, 0.2) is 23.0 Å². The third-order valence-electron chi connectivity index (χ3n) is 4.11. The zero-order valence-electron chi connectivity index (χ0n) is 11.5. The van der Waals surface area contributed by atoms with Crippen molar-refractivity contribution >= 4 is 0 Å². The lowest BCUT2D eigenvalue weighted by Crippen LogP contribution is -2.15. The standard InChI is InChI=1S/C15H19N3O/c1-11-10-16-8-5-12(11)14-17-13(18-19-14)9-15(2)6-3-4-7-15/h5,8,10H,3-4,6-7,9H2,1-2H3. The molecular formula is C15H19N3O. The van der Waals surface area contributed by atoms with Crippen LogP contribution >= 0.6 is 0 Å². The summed E-state index contributed by atoms with van der Waals surface area (Å²) in [6, 6.07) is 1.92. The second-order valence-corrected chi connectivity index (χ2v) is 5.90. The van der Waals surface area contributed by atoms with Gasteiger partial charge in [-0.3, -0.25) is 4.98 Å². The van der Waals surface area contributed by atoms with Gasteiger partial charge in [-0.25, -0.2) is 0 Å². The monoisotopic (exact) mass is 257 g/mol. The minimum absolute atomic E-state index is 0.356. The van der Waals surface area contributed by atoms with Crippen LogP contribution in [0.1, 0.15) is 44.0 Å². The molecule has 0 atom stereocenters. The number of aromatic nitrogens is 3. The summed E-state index contributed by atoms with van der Waals surface area (Å²) < 4.78 is 5.40. The van der Waals surface area contributed by atoms with E-state index in [0.717, 1.165) is 23.4 Å². The molecule has 4 heteroatoms. The van der Waals surface area contributed by atoms with Crippen LogP contribution in [0.5, 0.6) is 0 Å². The highest BCUT2D eigenvalue weighted by atomic mass is 16.5. The molecule has 0 aromatic carbocycles. The first-order chi connectivity index (χ1) is 9.16. The van der Waals surface area contributed by atoms with Gasteiger partial charge < -0.3 is 4.52 Å².